The smallest absolute Gasteiger partial charge is 0.216 e. The molecule has 3 rings (SSSR count). The highest BCUT2D eigenvalue weighted by Crippen LogP contribution is 2.23. The number of aromatic amines is 1. The molecule has 1 aromatic heterocycles. The van der Waals surface area contributed by atoms with Crippen molar-refractivity contribution in [2.24, 2.45) is 5.10 Å². The van der Waals surface area contributed by atoms with Gasteiger partial charge in [-0.25, -0.2) is 5.10 Å². The number of benzene rings is 2. The zero-order valence-corrected chi connectivity index (χ0v) is 14.5. The molecule has 0 bridgehead atoms. The highest BCUT2D eigenvalue weighted by atomic mass is 32.1. The van der Waals surface area contributed by atoms with E-state index in [0.29, 0.717) is 16.2 Å². The van der Waals surface area contributed by atoms with Crippen LogP contribution in [0, 0.1) is 4.77 Å². The third-order valence-corrected chi connectivity index (χ3v) is 3.88. The molecule has 0 aliphatic heterocycles. The zero-order chi connectivity index (χ0) is 18.0. The van der Waals surface area contributed by atoms with Gasteiger partial charge in [-0.2, -0.15) is 14.9 Å². The highest BCUT2D eigenvalue weighted by Gasteiger charge is 2.09. The number of phenols is 2. The van der Waals surface area contributed by atoms with Crippen LogP contribution in [0.1, 0.15) is 5.56 Å². The predicted octanol–water partition coefficient (Wildman–Crippen LogP) is 2.97. The topological polar surface area (TPSA) is 89.7 Å². The van der Waals surface area contributed by atoms with E-state index in [9.17, 15) is 10.2 Å². The van der Waals surface area contributed by atoms with Crippen molar-refractivity contribution in [3.8, 4) is 22.9 Å². The van der Waals surface area contributed by atoms with Gasteiger partial charge in [0, 0.05) is 37.0 Å². The monoisotopic (exact) mass is 355 g/mol. The third-order valence-electron chi connectivity index (χ3n) is 3.62. The number of anilines is 1. The molecule has 3 N–H and O–H groups in total. The summed E-state index contributed by atoms with van der Waals surface area (Å²) in [5.41, 5.74) is 2.38. The fraction of sp³-hybridized carbons (Fsp3) is 0.118. The maximum absolute atomic E-state index is 9.84. The molecule has 0 unspecified atom stereocenters. The van der Waals surface area contributed by atoms with Crippen molar-refractivity contribution in [1.82, 2.24) is 14.9 Å². The van der Waals surface area contributed by atoms with E-state index in [1.807, 2.05) is 43.3 Å². The van der Waals surface area contributed by atoms with E-state index < -0.39 is 0 Å². The Bertz CT molecular complexity index is 973. The summed E-state index contributed by atoms with van der Waals surface area (Å²) in [7, 11) is 3.94. The van der Waals surface area contributed by atoms with E-state index in [0.717, 1.165) is 11.3 Å². The highest BCUT2D eigenvalue weighted by molar-refractivity contribution is 7.71. The summed E-state index contributed by atoms with van der Waals surface area (Å²) in [6, 6.07) is 12.1. The molecular weight excluding hydrogens is 338 g/mol. The van der Waals surface area contributed by atoms with Gasteiger partial charge in [-0.15, -0.1) is 0 Å². The number of H-pyrrole nitrogens is 1. The van der Waals surface area contributed by atoms with Crippen LogP contribution in [0.25, 0.3) is 11.4 Å². The molecule has 0 fully saturated rings. The first-order valence-corrected chi connectivity index (χ1v) is 7.88. The number of aromatic nitrogens is 3. The molecule has 0 aliphatic carbocycles. The van der Waals surface area contributed by atoms with E-state index in [2.05, 4.69) is 15.3 Å². The van der Waals surface area contributed by atoms with Crippen molar-refractivity contribution in [3.63, 3.8) is 0 Å². The lowest BCUT2D eigenvalue weighted by Crippen LogP contribution is -2.08. The van der Waals surface area contributed by atoms with Crippen molar-refractivity contribution in [2.45, 2.75) is 0 Å². The minimum absolute atomic E-state index is 0.0174. The quantitative estimate of drug-likeness (QED) is 0.494. The van der Waals surface area contributed by atoms with Gasteiger partial charge in [0.2, 0.25) is 4.77 Å². The average Bonchev–Trinajstić information content (AvgIpc) is 2.95. The fourth-order valence-corrected chi connectivity index (χ4v) is 2.43. The van der Waals surface area contributed by atoms with Crippen LogP contribution in [0.5, 0.6) is 11.5 Å². The maximum atomic E-state index is 9.84. The van der Waals surface area contributed by atoms with Gasteiger partial charge in [-0.3, -0.25) is 0 Å². The van der Waals surface area contributed by atoms with Crippen LogP contribution in [-0.2, 0) is 0 Å². The molecule has 1 heterocycles. The number of aromatic hydroxyl groups is 2. The van der Waals surface area contributed by atoms with Crippen LogP contribution >= 0.6 is 12.2 Å². The van der Waals surface area contributed by atoms with Gasteiger partial charge in [-0.05, 0) is 48.6 Å². The lowest BCUT2D eigenvalue weighted by atomic mass is 10.2. The van der Waals surface area contributed by atoms with Crippen molar-refractivity contribution >= 4 is 24.1 Å². The Morgan fingerprint density at radius 3 is 2.52 bits per heavy atom. The normalized spacial score (nSPS) is 11.1. The van der Waals surface area contributed by atoms with Crippen LogP contribution in [0.4, 0.5) is 5.69 Å². The van der Waals surface area contributed by atoms with Gasteiger partial charge < -0.3 is 15.1 Å². The second kappa shape index (κ2) is 6.78. The van der Waals surface area contributed by atoms with Gasteiger partial charge in [0.05, 0.1) is 6.21 Å². The van der Waals surface area contributed by atoms with Gasteiger partial charge >= 0.3 is 0 Å². The molecule has 8 heteroatoms. The second-order valence-electron chi connectivity index (χ2n) is 5.59. The lowest BCUT2D eigenvalue weighted by molar-refractivity contribution is 0.450. The standard InChI is InChI=1S/C17H17N5O2S/c1-21(2)13-6-3-11(4-7-13)16-19-20-17(25)22(16)18-10-12-5-8-14(23)9-15(12)24/h3-10,23-24H,1-2H3,(H,20,25)/b18-10+. The molecule has 7 nitrogen and oxygen atoms in total. The Morgan fingerprint density at radius 2 is 1.88 bits per heavy atom. The summed E-state index contributed by atoms with van der Waals surface area (Å²) < 4.78 is 1.81. The van der Waals surface area contributed by atoms with E-state index in [4.69, 9.17) is 12.2 Å². The van der Waals surface area contributed by atoms with E-state index >= 15 is 0 Å². The maximum Gasteiger partial charge on any atom is 0.216 e. The van der Waals surface area contributed by atoms with Gasteiger partial charge in [-0.1, -0.05) is 0 Å². The summed E-state index contributed by atoms with van der Waals surface area (Å²) in [5, 5.41) is 30.4. The Kier molecular flexibility index (Phi) is 4.53. The summed E-state index contributed by atoms with van der Waals surface area (Å²) in [6.07, 6.45) is 1.46. The molecule has 0 saturated heterocycles. The summed E-state index contributed by atoms with van der Waals surface area (Å²) in [6.45, 7) is 0. The first kappa shape index (κ1) is 16.7. The lowest BCUT2D eigenvalue weighted by Gasteiger charge is -2.12. The molecule has 0 atom stereocenters. The van der Waals surface area contributed by atoms with E-state index in [1.165, 1.54) is 23.0 Å². The Balaban J connectivity index is 1.97. The van der Waals surface area contributed by atoms with Crippen LogP contribution in [0.15, 0.2) is 47.6 Å². The summed E-state index contributed by atoms with van der Waals surface area (Å²) in [4.78, 5) is 2.01. The average molecular weight is 355 g/mol. The number of nitrogens with zero attached hydrogens (tertiary/aromatic N) is 4. The zero-order valence-electron chi connectivity index (χ0n) is 13.7. The minimum Gasteiger partial charge on any atom is -0.508 e. The molecule has 2 aromatic carbocycles. The van der Waals surface area contributed by atoms with Gasteiger partial charge in [0.15, 0.2) is 5.82 Å². The Labute approximate surface area is 149 Å². The largest absolute Gasteiger partial charge is 0.508 e. The molecule has 128 valence electrons. The Morgan fingerprint density at radius 1 is 1.16 bits per heavy atom. The van der Waals surface area contributed by atoms with E-state index in [-0.39, 0.29) is 11.5 Å². The molecule has 25 heavy (non-hydrogen) atoms. The van der Waals surface area contributed by atoms with Gasteiger partial charge in [0.25, 0.3) is 0 Å². The van der Waals surface area contributed by atoms with Crippen LogP contribution in [0.2, 0.25) is 0 Å². The minimum atomic E-state index is -0.0735. The first-order chi connectivity index (χ1) is 12.0. The van der Waals surface area contributed by atoms with Crippen LogP contribution in [0.3, 0.4) is 0 Å². The molecule has 3 aromatic rings. The molecular formula is C17H17N5O2S. The Hall–Kier alpha value is -3.13. The van der Waals surface area contributed by atoms with Crippen molar-refractivity contribution < 1.29 is 10.2 Å². The third kappa shape index (κ3) is 3.53. The number of rotatable bonds is 4. The molecule has 0 radical (unpaired) electrons. The summed E-state index contributed by atoms with van der Waals surface area (Å²) in [5.74, 6) is 0.469. The molecule has 0 aliphatic rings. The number of nitrogens with one attached hydrogen (secondary N) is 1. The molecule has 0 spiro atoms. The SMILES string of the molecule is CN(C)c1ccc(-c2n[nH]c(=S)n2/N=C/c2ccc(O)cc2O)cc1. The van der Waals surface area contributed by atoms with Gasteiger partial charge in [0.1, 0.15) is 11.5 Å². The van der Waals surface area contributed by atoms with Crippen LogP contribution < -0.4 is 4.90 Å². The molecule has 0 saturated carbocycles. The van der Waals surface area contributed by atoms with Crippen molar-refractivity contribution in [1.29, 1.82) is 0 Å². The van der Waals surface area contributed by atoms with Crippen molar-refractivity contribution in [2.75, 3.05) is 19.0 Å². The fourth-order valence-electron chi connectivity index (χ4n) is 2.26. The number of phenolic OH excluding ortho intramolecular Hbond substituents is 2. The summed E-state index contributed by atoms with van der Waals surface area (Å²) >= 11 is 5.23. The molecule has 0 amide bonds. The number of hydrogen-bond donors (Lipinski definition) is 3. The first-order valence-electron chi connectivity index (χ1n) is 7.47. The van der Waals surface area contributed by atoms with E-state index in [1.54, 1.807) is 6.07 Å². The van der Waals surface area contributed by atoms with Crippen molar-refractivity contribution in [3.05, 3.63) is 52.8 Å². The van der Waals surface area contributed by atoms with Crippen LogP contribution in [-0.4, -0.2) is 45.4 Å². The number of hydrogen-bond acceptors (Lipinski definition) is 6. The predicted molar refractivity (Wildman–Crippen MR) is 99.9 cm³/mol. The second-order valence-corrected chi connectivity index (χ2v) is 5.98.